The summed E-state index contributed by atoms with van der Waals surface area (Å²) < 4.78 is 18.1. The first-order chi connectivity index (χ1) is 14.1. The number of rotatable bonds is 5. The van der Waals surface area contributed by atoms with E-state index in [0.717, 1.165) is 11.0 Å². The number of hydrogen-bond acceptors (Lipinski definition) is 4. The molecular formula is C22H16FN3O3. The highest BCUT2D eigenvalue weighted by atomic mass is 19.1. The summed E-state index contributed by atoms with van der Waals surface area (Å²) in [6.07, 6.45) is 0. The van der Waals surface area contributed by atoms with Crippen LogP contribution in [0.5, 0.6) is 0 Å². The van der Waals surface area contributed by atoms with Crippen LogP contribution >= 0.6 is 0 Å². The van der Waals surface area contributed by atoms with Crippen molar-refractivity contribution in [2.24, 2.45) is 0 Å². The molecule has 0 saturated carbocycles. The number of halogens is 1. The van der Waals surface area contributed by atoms with Crippen LogP contribution in [-0.4, -0.2) is 28.5 Å². The SMILES string of the molecule is O=C(COC(=O)c1ccccc1-c1nc2ccccc2[nH]1)Nc1ccc(F)cc1. The summed E-state index contributed by atoms with van der Waals surface area (Å²) in [7, 11) is 0. The molecule has 0 fully saturated rings. The molecule has 0 atom stereocenters. The van der Waals surface area contributed by atoms with Gasteiger partial charge in [-0.25, -0.2) is 14.2 Å². The Morgan fingerprint density at radius 2 is 1.69 bits per heavy atom. The average molecular weight is 389 g/mol. The maximum Gasteiger partial charge on any atom is 0.339 e. The number of benzene rings is 3. The first-order valence-electron chi connectivity index (χ1n) is 8.87. The number of ether oxygens (including phenoxy) is 1. The van der Waals surface area contributed by atoms with Gasteiger partial charge in [0, 0.05) is 11.3 Å². The van der Waals surface area contributed by atoms with E-state index in [1.807, 2.05) is 24.3 Å². The molecule has 0 aliphatic heterocycles. The second-order valence-corrected chi connectivity index (χ2v) is 6.28. The van der Waals surface area contributed by atoms with Gasteiger partial charge in [0.05, 0.1) is 16.6 Å². The first kappa shape index (κ1) is 18.4. The largest absolute Gasteiger partial charge is 0.452 e. The van der Waals surface area contributed by atoms with Gasteiger partial charge in [-0.2, -0.15) is 0 Å². The molecular weight excluding hydrogens is 373 g/mol. The molecule has 4 aromatic rings. The molecule has 6 nitrogen and oxygen atoms in total. The van der Waals surface area contributed by atoms with E-state index in [1.165, 1.54) is 24.3 Å². The number of fused-ring (bicyclic) bond motifs is 1. The molecule has 0 radical (unpaired) electrons. The number of esters is 1. The zero-order valence-corrected chi connectivity index (χ0v) is 15.2. The van der Waals surface area contributed by atoms with Crippen LogP contribution in [0.15, 0.2) is 72.8 Å². The number of nitrogens with one attached hydrogen (secondary N) is 2. The van der Waals surface area contributed by atoms with Crippen LogP contribution in [0, 0.1) is 5.82 Å². The quantitative estimate of drug-likeness (QED) is 0.502. The number of aromatic amines is 1. The molecule has 4 rings (SSSR count). The van der Waals surface area contributed by atoms with Crippen LogP contribution in [0.25, 0.3) is 22.4 Å². The Morgan fingerprint density at radius 3 is 2.48 bits per heavy atom. The van der Waals surface area contributed by atoms with Crippen molar-refractivity contribution in [1.29, 1.82) is 0 Å². The van der Waals surface area contributed by atoms with Crippen LogP contribution in [0.2, 0.25) is 0 Å². The Labute approximate surface area is 165 Å². The minimum absolute atomic E-state index is 0.293. The molecule has 0 bridgehead atoms. The maximum atomic E-state index is 12.9. The predicted molar refractivity (Wildman–Crippen MR) is 107 cm³/mol. The highest BCUT2D eigenvalue weighted by Crippen LogP contribution is 2.24. The van der Waals surface area contributed by atoms with E-state index in [-0.39, 0.29) is 0 Å². The number of amides is 1. The Bertz CT molecular complexity index is 1150. The van der Waals surface area contributed by atoms with Gasteiger partial charge in [-0.15, -0.1) is 0 Å². The van der Waals surface area contributed by atoms with E-state index in [0.29, 0.717) is 22.6 Å². The molecule has 0 aliphatic rings. The lowest BCUT2D eigenvalue weighted by Gasteiger charge is -2.09. The van der Waals surface area contributed by atoms with E-state index < -0.39 is 24.3 Å². The van der Waals surface area contributed by atoms with Crippen LogP contribution in [0.1, 0.15) is 10.4 Å². The van der Waals surface area contributed by atoms with Crippen molar-refractivity contribution < 1.29 is 18.7 Å². The van der Waals surface area contributed by atoms with E-state index in [4.69, 9.17) is 4.74 Å². The second kappa shape index (κ2) is 7.93. The molecule has 1 aromatic heterocycles. The monoisotopic (exact) mass is 389 g/mol. The number of anilines is 1. The summed E-state index contributed by atoms with van der Waals surface area (Å²) in [5.74, 6) is -1.03. The van der Waals surface area contributed by atoms with E-state index in [1.54, 1.807) is 24.3 Å². The number of carbonyl (C=O) groups excluding carboxylic acids is 2. The number of aromatic nitrogens is 2. The maximum absolute atomic E-state index is 12.9. The van der Waals surface area contributed by atoms with Gasteiger partial charge in [-0.1, -0.05) is 30.3 Å². The summed E-state index contributed by atoms with van der Waals surface area (Å²) in [5, 5.41) is 2.54. The van der Waals surface area contributed by atoms with Gasteiger partial charge >= 0.3 is 5.97 Å². The Hall–Kier alpha value is -4.00. The molecule has 0 saturated heterocycles. The molecule has 0 spiro atoms. The molecule has 0 aliphatic carbocycles. The van der Waals surface area contributed by atoms with Crippen LogP contribution in [0.4, 0.5) is 10.1 Å². The van der Waals surface area contributed by atoms with E-state index >= 15 is 0 Å². The third-order valence-electron chi connectivity index (χ3n) is 4.25. The zero-order chi connectivity index (χ0) is 20.2. The van der Waals surface area contributed by atoms with Crippen molar-refractivity contribution in [2.45, 2.75) is 0 Å². The number of H-pyrrole nitrogens is 1. The fourth-order valence-electron chi connectivity index (χ4n) is 2.89. The molecule has 0 unspecified atom stereocenters. The lowest BCUT2D eigenvalue weighted by Crippen LogP contribution is -2.21. The predicted octanol–water partition coefficient (Wildman–Crippen LogP) is 4.16. The van der Waals surface area contributed by atoms with Crippen molar-refractivity contribution in [3.63, 3.8) is 0 Å². The van der Waals surface area contributed by atoms with Crippen molar-refractivity contribution in [3.8, 4) is 11.4 Å². The number of nitrogens with zero attached hydrogens (tertiary/aromatic N) is 1. The lowest BCUT2D eigenvalue weighted by molar-refractivity contribution is -0.119. The average Bonchev–Trinajstić information content (AvgIpc) is 3.18. The van der Waals surface area contributed by atoms with Crippen molar-refractivity contribution in [3.05, 3.63) is 84.2 Å². The number of para-hydroxylation sites is 2. The Kier molecular flexibility index (Phi) is 5.03. The van der Waals surface area contributed by atoms with Gasteiger partial charge in [0.1, 0.15) is 11.6 Å². The topological polar surface area (TPSA) is 84.1 Å². The van der Waals surface area contributed by atoms with E-state index in [2.05, 4.69) is 15.3 Å². The molecule has 3 aromatic carbocycles. The minimum Gasteiger partial charge on any atom is -0.452 e. The molecule has 1 heterocycles. The summed E-state index contributed by atoms with van der Waals surface area (Å²) in [6.45, 7) is -0.468. The highest BCUT2D eigenvalue weighted by Gasteiger charge is 2.17. The Balaban J connectivity index is 1.47. The summed E-state index contributed by atoms with van der Waals surface area (Å²) in [6, 6.07) is 19.7. The van der Waals surface area contributed by atoms with Crippen molar-refractivity contribution in [2.75, 3.05) is 11.9 Å². The van der Waals surface area contributed by atoms with Crippen molar-refractivity contribution in [1.82, 2.24) is 9.97 Å². The van der Waals surface area contributed by atoms with Gasteiger partial charge in [-0.3, -0.25) is 4.79 Å². The van der Waals surface area contributed by atoms with Crippen LogP contribution < -0.4 is 5.32 Å². The molecule has 1 amide bonds. The summed E-state index contributed by atoms with van der Waals surface area (Å²) in [5.41, 5.74) is 2.91. The number of imidazole rings is 1. The second-order valence-electron chi connectivity index (χ2n) is 6.28. The van der Waals surface area contributed by atoms with E-state index in [9.17, 15) is 14.0 Å². The van der Waals surface area contributed by atoms with Crippen molar-refractivity contribution >= 4 is 28.6 Å². The first-order valence-corrected chi connectivity index (χ1v) is 8.87. The third-order valence-corrected chi connectivity index (χ3v) is 4.25. The normalized spacial score (nSPS) is 10.7. The van der Waals surface area contributed by atoms with Gasteiger partial charge in [0.25, 0.3) is 5.91 Å². The smallest absolute Gasteiger partial charge is 0.339 e. The zero-order valence-electron chi connectivity index (χ0n) is 15.2. The standard InChI is InChI=1S/C22H16FN3O3/c23-14-9-11-15(12-10-14)24-20(27)13-29-22(28)17-6-2-1-5-16(17)21-25-18-7-3-4-8-19(18)26-21/h1-12H,13H2,(H,24,27)(H,25,26). The molecule has 7 heteroatoms. The highest BCUT2D eigenvalue weighted by molar-refractivity contribution is 5.99. The number of carbonyl (C=O) groups is 2. The number of hydrogen-bond donors (Lipinski definition) is 2. The van der Waals surface area contributed by atoms with Gasteiger partial charge in [0.2, 0.25) is 0 Å². The third kappa shape index (κ3) is 4.14. The molecule has 144 valence electrons. The fourth-order valence-corrected chi connectivity index (χ4v) is 2.89. The van der Waals surface area contributed by atoms with Gasteiger partial charge in [0.15, 0.2) is 6.61 Å². The fraction of sp³-hybridized carbons (Fsp3) is 0.0455. The minimum atomic E-state index is -0.643. The Morgan fingerprint density at radius 1 is 0.966 bits per heavy atom. The van der Waals surface area contributed by atoms with Gasteiger partial charge in [-0.05, 0) is 42.5 Å². The molecule has 2 N–H and O–H groups in total. The van der Waals surface area contributed by atoms with Crippen LogP contribution in [-0.2, 0) is 9.53 Å². The summed E-state index contributed by atoms with van der Waals surface area (Å²) >= 11 is 0. The van der Waals surface area contributed by atoms with Gasteiger partial charge < -0.3 is 15.0 Å². The lowest BCUT2D eigenvalue weighted by atomic mass is 10.1. The molecule has 29 heavy (non-hydrogen) atoms. The van der Waals surface area contributed by atoms with Crippen LogP contribution in [0.3, 0.4) is 0 Å². The summed E-state index contributed by atoms with van der Waals surface area (Å²) in [4.78, 5) is 32.3.